The summed E-state index contributed by atoms with van der Waals surface area (Å²) in [5.41, 5.74) is 3.81. The second-order valence-corrected chi connectivity index (χ2v) is 7.16. The van der Waals surface area contributed by atoms with Crippen molar-refractivity contribution < 1.29 is 9.90 Å². The largest absolute Gasteiger partial charge is 0.390 e. The van der Waals surface area contributed by atoms with Gasteiger partial charge in [-0.15, -0.1) is 11.3 Å². The van der Waals surface area contributed by atoms with Crippen molar-refractivity contribution >= 4 is 17.2 Å². The molecule has 1 aliphatic rings. The SMILES string of the molecule is CCc1ccsc1C(=O)NC[C@@H](O)CN1CCc2ccccc2C1. The molecule has 24 heavy (non-hydrogen) atoms. The van der Waals surface area contributed by atoms with E-state index in [0.717, 1.165) is 36.4 Å². The van der Waals surface area contributed by atoms with E-state index < -0.39 is 6.10 Å². The number of nitrogens with zero attached hydrogens (tertiary/aromatic N) is 1. The van der Waals surface area contributed by atoms with Crippen LogP contribution in [-0.4, -0.2) is 41.7 Å². The van der Waals surface area contributed by atoms with Gasteiger partial charge in [0.15, 0.2) is 0 Å². The third-order valence-electron chi connectivity index (χ3n) is 4.51. The van der Waals surface area contributed by atoms with E-state index in [2.05, 4.69) is 34.5 Å². The molecule has 3 rings (SSSR count). The second-order valence-electron chi connectivity index (χ2n) is 6.25. The standard InChI is InChI=1S/C19H24N2O2S/c1-2-14-8-10-24-18(14)19(23)20-11-17(22)13-21-9-7-15-5-3-4-6-16(15)12-21/h3-6,8,10,17,22H,2,7,9,11-13H2,1H3,(H,20,23)/t17-/m1/s1. The second kappa shape index (κ2) is 7.92. The van der Waals surface area contributed by atoms with Crippen LogP contribution in [0.1, 0.15) is 33.3 Å². The fourth-order valence-electron chi connectivity index (χ4n) is 3.18. The summed E-state index contributed by atoms with van der Waals surface area (Å²) in [5.74, 6) is -0.0788. The summed E-state index contributed by atoms with van der Waals surface area (Å²) in [6.07, 6.45) is 1.32. The number of aryl methyl sites for hydroxylation is 1. The minimum absolute atomic E-state index is 0.0788. The molecule has 128 valence electrons. The van der Waals surface area contributed by atoms with Gasteiger partial charge in [-0.25, -0.2) is 0 Å². The van der Waals surface area contributed by atoms with Crippen molar-refractivity contribution in [2.45, 2.75) is 32.4 Å². The average Bonchev–Trinajstić information content (AvgIpc) is 3.08. The summed E-state index contributed by atoms with van der Waals surface area (Å²) in [4.78, 5) is 15.2. The number of aliphatic hydroxyl groups excluding tert-OH is 1. The summed E-state index contributed by atoms with van der Waals surface area (Å²) in [7, 11) is 0. The average molecular weight is 344 g/mol. The first-order valence-corrected chi connectivity index (χ1v) is 9.37. The third kappa shape index (κ3) is 4.04. The Morgan fingerprint density at radius 1 is 1.33 bits per heavy atom. The van der Waals surface area contributed by atoms with Gasteiger partial charge in [0.05, 0.1) is 11.0 Å². The number of hydrogen-bond donors (Lipinski definition) is 2. The fraction of sp³-hybridized carbons (Fsp3) is 0.421. The van der Waals surface area contributed by atoms with Crippen LogP contribution in [0.4, 0.5) is 0 Å². The summed E-state index contributed by atoms with van der Waals surface area (Å²) in [5, 5.41) is 15.1. The summed E-state index contributed by atoms with van der Waals surface area (Å²) in [6.45, 7) is 4.73. The van der Waals surface area contributed by atoms with Crippen LogP contribution >= 0.6 is 11.3 Å². The molecule has 5 heteroatoms. The maximum Gasteiger partial charge on any atom is 0.261 e. The zero-order chi connectivity index (χ0) is 16.9. The molecular weight excluding hydrogens is 320 g/mol. The number of aliphatic hydroxyl groups is 1. The van der Waals surface area contributed by atoms with Crippen molar-refractivity contribution in [1.29, 1.82) is 0 Å². The molecule has 0 unspecified atom stereocenters. The van der Waals surface area contributed by atoms with Gasteiger partial charge in [0, 0.05) is 26.2 Å². The summed E-state index contributed by atoms with van der Waals surface area (Å²) in [6, 6.07) is 10.5. The Morgan fingerprint density at radius 3 is 2.92 bits per heavy atom. The molecule has 0 spiro atoms. The molecule has 1 aliphatic heterocycles. The lowest BCUT2D eigenvalue weighted by atomic mass is 10.00. The highest BCUT2D eigenvalue weighted by Gasteiger charge is 2.19. The number of thiophene rings is 1. The van der Waals surface area contributed by atoms with E-state index in [4.69, 9.17) is 0 Å². The molecule has 1 aromatic heterocycles. The lowest BCUT2D eigenvalue weighted by Crippen LogP contribution is -2.42. The molecule has 0 aliphatic carbocycles. The van der Waals surface area contributed by atoms with E-state index in [1.54, 1.807) is 0 Å². The zero-order valence-electron chi connectivity index (χ0n) is 14.0. The van der Waals surface area contributed by atoms with Gasteiger partial charge < -0.3 is 10.4 Å². The van der Waals surface area contributed by atoms with Gasteiger partial charge in [-0.1, -0.05) is 31.2 Å². The number of amides is 1. The van der Waals surface area contributed by atoms with Crippen LogP contribution in [-0.2, 0) is 19.4 Å². The highest BCUT2D eigenvalue weighted by Crippen LogP contribution is 2.19. The highest BCUT2D eigenvalue weighted by atomic mass is 32.1. The monoisotopic (exact) mass is 344 g/mol. The molecule has 1 amide bonds. The van der Waals surface area contributed by atoms with Gasteiger partial charge in [-0.05, 0) is 41.0 Å². The highest BCUT2D eigenvalue weighted by molar-refractivity contribution is 7.12. The van der Waals surface area contributed by atoms with Gasteiger partial charge in [-0.3, -0.25) is 9.69 Å². The van der Waals surface area contributed by atoms with Crippen molar-refractivity contribution in [1.82, 2.24) is 10.2 Å². The number of β-amino-alcohol motifs (C(OH)–C–C–N with tert-alkyl or cyclic N) is 1. The molecule has 0 saturated heterocycles. The van der Waals surface area contributed by atoms with Crippen molar-refractivity contribution in [3.8, 4) is 0 Å². The molecule has 2 N–H and O–H groups in total. The van der Waals surface area contributed by atoms with E-state index in [0.29, 0.717) is 6.54 Å². The van der Waals surface area contributed by atoms with Crippen molar-refractivity contribution in [3.05, 3.63) is 57.3 Å². The quantitative estimate of drug-likeness (QED) is 0.846. The minimum atomic E-state index is -0.552. The molecule has 1 atom stereocenters. The van der Waals surface area contributed by atoms with Gasteiger partial charge in [-0.2, -0.15) is 0 Å². The molecule has 0 fully saturated rings. The molecule has 1 aromatic carbocycles. The van der Waals surface area contributed by atoms with Gasteiger partial charge >= 0.3 is 0 Å². The Morgan fingerprint density at radius 2 is 2.12 bits per heavy atom. The van der Waals surface area contributed by atoms with Gasteiger partial charge in [0.2, 0.25) is 0 Å². The topological polar surface area (TPSA) is 52.6 Å². The van der Waals surface area contributed by atoms with E-state index in [1.807, 2.05) is 18.4 Å². The summed E-state index contributed by atoms with van der Waals surface area (Å²) < 4.78 is 0. The smallest absolute Gasteiger partial charge is 0.261 e. The molecular formula is C19H24N2O2S. The van der Waals surface area contributed by atoms with Crippen LogP contribution in [0.5, 0.6) is 0 Å². The number of hydrogen-bond acceptors (Lipinski definition) is 4. The number of fused-ring (bicyclic) bond motifs is 1. The molecule has 0 saturated carbocycles. The maximum absolute atomic E-state index is 12.2. The Balaban J connectivity index is 1.48. The van der Waals surface area contributed by atoms with Crippen molar-refractivity contribution in [2.24, 2.45) is 0 Å². The van der Waals surface area contributed by atoms with Crippen molar-refractivity contribution in [3.63, 3.8) is 0 Å². The third-order valence-corrected chi connectivity index (χ3v) is 5.47. The zero-order valence-corrected chi connectivity index (χ0v) is 14.8. The van der Waals surface area contributed by atoms with Crippen molar-refractivity contribution in [2.75, 3.05) is 19.6 Å². The Bertz CT molecular complexity index is 698. The number of nitrogens with one attached hydrogen (secondary N) is 1. The van der Waals surface area contributed by atoms with E-state index >= 15 is 0 Å². The predicted molar refractivity (Wildman–Crippen MR) is 97.5 cm³/mol. The predicted octanol–water partition coefficient (Wildman–Crippen LogP) is 2.46. The molecule has 2 heterocycles. The minimum Gasteiger partial charge on any atom is -0.390 e. The van der Waals surface area contributed by atoms with Gasteiger partial charge in [0.25, 0.3) is 5.91 Å². The first-order valence-electron chi connectivity index (χ1n) is 8.49. The lowest BCUT2D eigenvalue weighted by molar-refractivity contribution is 0.0844. The maximum atomic E-state index is 12.2. The summed E-state index contributed by atoms with van der Waals surface area (Å²) >= 11 is 1.46. The number of benzene rings is 1. The van der Waals surface area contributed by atoms with Crippen LogP contribution in [0.25, 0.3) is 0 Å². The lowest BCUT2D eigenvalue weighted by Gasteiger charge is -2.30. The number of rotatable bonds is 6. The van der Waals surface area contributed by atoms with Crippen LogP contribution < -0.4 is 5.32 Å². The van der Waals surface area contributed by atoms with Gasteiger partial charge in [0.1, 0.15) is 0 Å². The van der Waals surface area contributed by atoms with Crippen LogP contribution in [0.3, 0.4) is 0 Å². The first kappa shape index (κ1) is 17.1. The molecule has 0 bridgehead atoms. The van der Waals surface area contributed by atoms with Crippen LogP contribution in [0, 0.1) is 0 Å². The number of carbonyl (C=O) groups excluding carboxylic acids is 1. The van der Waals surface area contributed by atoms with Crippen LogP contribution in [0.2, 0.25) is 0 Å². The molecule has 2 aromatic rings. The van der Waals surface area contributed by atoms with E-state index in [-0.39, 0.29) is 12.5 Å². The Labute approximate surface area is 147 Å². The fourth-order valence-corrected chi connectivity index (χ4v) is 4.09. The van der Waals surface area contributed by atoms with E-state index in [9.17, 15) is 9.90 Å². The normalized spacial score (nSPS) is 15.8. The Hall–Kier alpha value is -1.69. The molecule has 0 radical (unpaired) electrons. The number of carbonyl (C=O) groups is 1. The van der Waals surface area contributed by atoms with E-state index in [1.165, 1.54) is 22.5 Å². The van der Waals surface area contributed by atoms with Crippen LogP contribution in [0.15, 0.2) is 35.7 Å². The molecule has 4 nitrogen and oxygen atoms in total. The Kier molecular flexibility index (Phi) is 5.66. The first-order chi connectivity index (χ1) is 11.7.